The first-order chi connectivity index (χ1) is 17.7. The minimum absolute atomic E-state index is 0.0816. The number of hydrogen-bond acceptors (Lipinski definition) is 5. The molecule has 2 N–H and O–H groups in total. The van der Waals surface area contributed by atoms with Crippen LogP contribution in [0.3, 0.4) is 0 Å². The molecule has 0 radical (unpaired) electrons. The van der Waals surface area contributed by atoms with Gasteiger partial charge in [-0.05, 0) is 53.4 Å². The average Bonchev–Trinajstić information content (AvgIpc) is 3.23. The second kappa shape index (κ2) is 9.47. The molecular formula is C24H21F9N2O3S. The number of alkyl halides is 9. The van der Waals surface area contributed by atoms with Gasteiger partial charge >= 0.3 is 18.5 Å². The molecule has 2 unspecified atom stereocenters. The number of aliphatic imine (C=N–C) groups is 1. The van der Waals surface area contributed by atoms with Crippen molar-refractivity contribution in [2.24, 2.45) is 4.99 Å². The van der Waals surface area contributed by atoms with Crippen LogP contribution in [0, 0.1) is 6.92 Å². The van der Waals surface area contributed by atoms with Crippen LogP contribution < -0.4 is 5.32 Å². The van der Waals surface area contributed by atoms with E-state index in [0.29, 0.717) is 11.1 Å². The summed E-state index contributed by atoms with van der Waals surface area (Å²) in [4.78, 5) is 3.88. The number of sulfone groups is 1. The van der Waals surface area contributed by atoms with E-state index < -0.39 is 75.7 Å². The lowest BCUT2D eigenvalue weighted by Crippen LogP contribution is -2.52. The van der Waals surface area contributed by atoms with Crippen molar-refractivity contribution in [3.8, 4) is 0 Å². The van der Waals surface area contributed by atoms with Crippen molar-refractivity contribution in [2.75, 3.05) is 18.1 Å². The standard InChI is InChI=1S/C24H21F9N2O3S/c1-12-4-13(2-3-18(12)20(36)35-17-9-39(37,38)10-17)19-8-21(11-34-19,24(31,32)33)14-5-15(22(25,26)27)7-16(6-14)23(28,29)30/h2-7,17,20,35-36H,8-11H2,1H3. The molecule has 0 saturated carbocycles. The average molecular weight is 588 g/mol. The molecule has 2 aromatic rings. The molecule has 1 saturated heterocycles. The van der Waals surface area contributed by atoms with Gasteiger partial charge in [0.25, 0.3) is 0 Å². The Kier molecular flexibility index (Phi) is 7.13. The Bertz CT molecular complexity index is 1370. The number of nitrogens with one attached hydrogen (secondary N) is 1. The number of benzene rings is 2. The van der Waals surface area contributed by atoms with Gasteiger partial charge in [-0.2, -0.15) is 39.5 Å². The zero-order chi connectivity index (χ0) is 29.2. The van der Waals surface area contributed by atoms with Gasteiger partial charge in [0.2, 0.25) is 0 Å². The summed E-state index contributed by atoms with van der Waals surface area (Å²) < 4.78 is 146. The lowest BCUT2D eigenvalue weighted by molar-refractivity contribution is -0.184. The van der Waals surface area contributed by atoms with Crippen LogP contribution in [0.4, 0.5) is 39.5 Å². The van der Waals surface area contributed by atoms with Gasteiger partial charge in [-0.25, -0.2) is 8.42 Å². The molecule has 4 rings (SSSR count). The predicted molar refractivity (Wildman–Crippen MR) is 122 cm³/mol. The molecule has 0 bridgehead atoms. The van der Waals surface area contributed by atoms with E-state index in [-0.39, 0.29) is 41.0 Å². The maximum absolute atomic E-state index is 14.4. The zero-order valence-electron chi connectivity index (χ0n) is 20.0. The highest BCUT2D eigenvalue weighted by molar-refractivity contribution is 7.92. The normalized spacial score (nSPS) is 22.9. The number of hydrogen-bond donors (Lipinski definition) is 2. The van der Waals surface area contributed by atoms with Crippen LogP contribution in [0.15, 0.2) is 41.4 Å². The lowest BCUT2D eigenvalue weighted by Gasteiger charge is -2.32. The number of aliphatic hydroxyl groups excluding tert-OH is 1. The Morgan fingerprint density at radius 2 is 1.51 bits per heavy atom. The quantitative estimate of drug-likeness (QED) is 0.377. The second-order valence-electron chi connectivity index (χ2n) is 9.73. The molecule has 214 valence electrons. The van der Waals surface area contributed by atoms with Crippen LogP contribution in [-0.2, 0) is 27.6 Å². The molecule has 15 heteroatoms. The summed E-state index contributed by atoms with van der Waals surface area (Å²) in [6.45, 7) is 0.405. The maximum Gasteiger partial charge on any atom is 0.416 e. The second-order valence-corrected chi connectivity index (χ2v) is 11.9. The Balaban J connectivity index is 1.66. The first-order valence-corrected chi connectivity index (χ1v) is 13.2. The van der Waals surface area contributed by atoms with Crippen LogP contribution >= 0.6 is 0 Å². The highest BCUT2D eigenvalue weighted by atomic mass is 32.2. The van der Waals surface area contributed by atoms with E-state index >= 15 is 0 Å². The number of aryl methyl sites for hydroxylation is 1. The number of halogens is 9. The van der Waals surface area contributed by atoms with Crippen molar-refractivity contribution in [3.63, 3.8) is 0 Å². The lowest BCUT2D eigenvalue weighted by atomic mass is 9.75. The number of rotatable bonds is 5. The smallest absolute Gasteiger partial charge is 0.374 e. The monoisotopic (exact) mass is 588 g/mol. The first kappa shape index (κ1) is 29.3. The summed E-state index contributed by atoms with van der Waals surface area (Å²) in [7, 11) is -3.16. The van der Waals surface area contributed by atoms with Gasteiger partial charge in [-0.15, -0.1) is 0 Å². The van der Waals surface area contributed by atoms with E-state index in [4.69, 9.17) is 0 Å². The number of nitrogens with zero attached hydrogens (tertiary/aromatic N) is 1. The van der Waals surface area contributed by atoms with E-state index in [2.05, 4.69) is 10.3 Å². The van der Waals surface area contributed by atoms with Crippen molar-refractivity contribution >= 4 is 15.5 Å². The summed E-state index contributed by atoms with van der Waals surface area (Å²) in [6.07, 6.45) is -18.2. The van der Waals surface area contributed by atoms with E-state index in [9.17, 15) is 53.0 Å². The van der Waals surface area contributed by atoms with Crippen LogP contribution in [-0.4, -0.2) is 49.5 Å². The maximum atomic E-state index is 14.4. The van der Waals surface area contributed by atoms with Gasteiger partial charge in [-0.3, -0.25) is 10.3 Å². The molecule has 39 heavy (non-hydrogen) atoms. The molecule has 2 heterocycles. The molecule has 1 fully saturated rings. The van der Waals surface area contributed by atoms with Crippen molar-refractivity contribution in [1.29, 1.82) is 0 Å². The van der Waals surface area contributed by atoms with Crippen molar-refractivity contribution in [3.05, 3.63) is 69.8 Å². The van der Waals surface area contributed by atoms with E-state index in [0.717, 1.165) is 0 Å². The fourth-order valence-corrected chi connectivity index (χ4v) is 6.06. The molecule has 0 aromatic heterocycles. The molecule has 2 atom stereocenters. The predicted octanol–water partition coefficient (Wildman–Crippen LogP) is 5.10. The molecular weight excluding hydrogens is 567 g/mol. The Labute approximate surface area is 216 Å². The summed E-state index contributed by atoms with van der Waals surface area (Å²) in [5.41, 5.74) is -7.39. The Hall–Kier alpha value is -2.65. The van der Waals surface area contributed by atoms with Crippen molar-refractivity contribution in [1.82, 2.24) is 5.32 Å². The van der Waals surface area contributed by atoms with Crippen LogP contribution in [0.1, 0.15) is 46.0 Å². The minimum atomic E-state index is -5.32. The third-order valence-electron chi connectivity index (χ3n) is 6.89. The van der Waals surface area contributed by atoms with Crippen molar-refractivity contribution in [2.45, 2.75) is 49.6 Å². The van der Waals surface area contributed by atoms with Crippen LogP contribution in [0.25, 0.3) is 0 Å². The van der Waals surface area contributed by atoms with Crippen LogP contribution in [0.5, 0.6) is 0 Å². The molecule has 2 aliphatic heterocycles. The van der Waals surface area contributed by atoms with Crippen molar-refractivity contribution < 1.29 is 53.0 Å². The third kappa shape index (κ3) is 5.80. The van der Waals surface area contributed by atoms with Gasteiger partial charge in [0, 0.05) is 18.2 Å². The SMILES string of the molecule is Cc1cc(C2=NCC(c3cc(C(F)(F)F)cc(C(F)(F)F)c3)(C(F)(F)F)C2)ccc1C(O)NC1CS(=O)(=O)C1. The Morgan fingerprint density at radius 3 is 1.97 bits per heavy atom. The summed E-state index contributed by atoms with van der Waals surface area (Å²) in [5, 5.41) is 13.1. The van der Waals surface area contributed by atoms with Gasteiger partial charge in [-0.1, -0.05) is 12.1 Å². The van der Waals surface area contributed by atoms with E-state index in [1.807, 2.05) is 0 Å². The summed E-state index contributed by atoms with van der Waals surface area (Å²) >= 11 is 0. The van der Waals surface area contributed by atoms with Gasteiger partial charge in [0.1, 0.15) is 11.6 Å². The Morgan fingerprint density at radius 1 is 0.949 bits per heavy atom. The first-order valence-electron chi connectivity index (χ1n) is 11.4. The molecule has 0 spiro atoms. The van der Waals surface area contributed by atoms with Gasteiger partial charge in [0.15, 0.2) is 9.84 Å². The fourth-order valence-electron chi connectivity index (χ4n) is 4.73. The third-order valence-corrected chi connectivity index (χ3v) is 8.71. The zero-order valence-corrected chi connectivity index (χ0v) is 20.8. The topological polar surface area (TPSA) is 78.8 Å². The fraction of sp³-hybridized carbons (Fsp3) is 0.458. The summed E-state index contributed by atoms with van der Waals surface area (Å²) in [5.74, 6) is -0.327. The van der Waals surface area contributed by atoms with Gasteiger partial charge in [0.05, 0.1) is 29.2 Å². The highest BCUT2D eigenvalue weighted by Gasteiger charge is 2.59. The molecule has 2 aromatic carbocycles. The molecule has 2 aliphatic rings. The largest absolute Gasteiger partial charge is 0.416 e. The van der Waals surface area contributed by atoms with E-state index in [1.165, 1.54) is 25.1 Å². The molecule has 0 amide bonds. The highest BCUT2D eigenvalue weighted by Crippen LogP contribution is 2.50. The van der Waals surface area contributed by atoms with Gasteiger partial charge < -0.3 is 5.11 Å². The summed E-state index contributed by atoms with van der Waals surface area (Å²) in [6, 6.07) is 3.53. The number of aliphatic hydroxyl groups is 1. The molecule has 5 nitrogen and oxygen atoms in total. The molecule has 0 aliphatic carbocycles. The van der Waals surface area contributed by atoms with Crippen LogP contribution in [0.2, 0.25) is 0 Å². The minimum Gasteiger partial charge on any atom is -0.374 e. The van der Waals surface area contributed by atoms with E-state index in [1.54, 1.807) is 0 Å².